The van der Waals surface area contributed by atoms with Crippen LogP contribution in [0.5, 0.6) is 0 Å². The Labute approximate surface area is 128 Å². The topological polar surface area (TPSA) is 53.0 Å². The average molecular weight is 298 g/mol. The maximum atomic E-state index is 12.0. The fraction of sp³-hybridized carbons (Fsp3) is 0.938. The molecule has 1 atom stereocenters. The second-order valence-corrected chi connectivity index (χ2v) is 7.32. The largest absolute Gasteiger partial charge is 0.444 e. The van der Waals surface area contributed by atoms with Gasteiger partial charge < -0.3 is 14.7 Å². The van der Waals surface area contributed by atoms with Gasteiger partial charge in [-0.1, -0.05) is 6.42 Å². The van der Waals surface area contributed by atoms with Crippen molar-refractivity contribution in [3.63, 3.8) is 0 Å². The summed E-state index contributed by atoms with van der Waals surface area (Å²) < 4.78 is 5.40. The number of rotatable bonds is 2. The number of aliphatic hydroxyl groups excluding tert-OH is 1. The Kier molecular flexibility index (Phi) is 5.49. The van der Waals surface area contributed by atoms with E-state index in [1.54, 1.807) is 4.90 Å². The van der Waals surface area contributed by atoms with Gasteiger partial charge in [-0.2, -0.15) is 0 Å². The predicted octanol–water partition coefficient (Wildman–Crippen LogP) is 2.44. The molecule has 1 N–H and O–H groups in total. The fourth-order valence-electron chi connectivity index (χ4n) is 3.19. The molecule has 0 radical (unpaired) electrons. The summed E-state index contributed by atoms with van der Waals surface area (Å²) in [4.78, 5) is 16.0. The normalized spacial score (nSPS) is 23.9. The first kappa shape index (κ1) is 16.6. The second kappa shape index (κ2) is 6.97. The summed E-state index contributed by atoms with van der Waals surface area (Å²) in [6.07, 6.45) is 4.80. The molecule has 0 spiro atoms. The van der Waals surface area contributed by atoms with Crippen LogP contribution in [0.25, 0.3) is 0 Å². The zero-order valence-electron chi connectivity index (χ0n) is 13.7. The number of piperidine rings is 2. The maximum absolute atomic E-state index is 12.0. The Morgan fingerprint density at radius 3 is 2.19 bits per heavy atom. The van der Waals surface area contributed by atoms with Crippen LogP contribution in [0.2, 0.25) is 0 Å². The van der Waals surface area contributed by atoms with Gasteiger partial charge in [-0.05, 0) is 46.5 Å². The van der Waals surface area contributed by atoms with Gasteiger partial charge in [0.05, 0.1) is 0 Å². The summed E-state index contributed by atoms with van der Waals surface area (Å²) in [5.74, 6) is 0.279. The summed E-state index contributed by atoms with van der Waals surface area (Å²) in [6.45, 7) is 9.04. The zero-order chi connectivity index (χ0) is 15.5. The Morgan fingerprint density at radius 2 is 1.67 bits per heavy atom. The molecule has 2 saturated heterocycles. The number of carbonyl (C=O) groups excluding carboxylic acids is 1. The number of hydrogen-bond donors (Lipinski definition) is 1. The predicted molar refractivity (Wildman–Crippen MR) is 82.0 cm³/mol. The van der Waals surface area contributed by atoms with Crippen LogP contribution in [0.4, 0.5) is 4.79 Å². The van der Waals surface area contributed by atoms with Crippen LogP contribution >= 0.6 is 0 Å². The van der Waals surface area contributed by atoms with Crippen molar-refractivity contribution in [3.8, 4) is 0 Å². The van der Waals surface area contributed by atoms with Crippen molar-refractivity contribution in [2.45, 2.75) is 64.7 Å². The maximum Gasteiger partial charge on any atom is 0.410 e. The quantitative estimate of drug-likeness (QED) is 0.851. The van der Waals surface area contributed by atoms with E-state index in [4.69, 9.17) is 4.74 Å². The highest BCUT2D eigenvalue weighted by molar-refractivity contribution is 5.68. The van der Waals surface area contributed by atoms with Gasteiger partial charge in [-0.15, -0.1) is 0 Å². The first-order valence-corrected chi connectivity index (χ1v) is 8.27. The first-order valence-electron chi connectivity index (χ1n) is 8.27. The van der Waals surface area contributed by atoms with Gasteiger partial charge in [-0.25, -0.2) is 4.79 Å². The molecule has 0 bridgehead atoms. The monoisotopic (exact) mass is 298 g/mol. The van der Waals surface area contributed by atoms with E-state index in [1.165, 1.54) is 19.3 Å². The first-order chi connectivity index (χ1) is 9.87. The van der Waals surface area contributed by atoms with Crippen molar-refractivity contribution in [1.29, 1.82) is 0 Å². The molecule has 122 valence electrons. The van der Waals surface area contributed by atoms with Gasteiger partial charge in [0.25, 0.3) is 0 Å². The molecular formula is C16H30N2O3. The highest BCUT2D eigenvalue weighted by Gasteiger charge is 2.32. The van der Waals surface area contributed by atoms with Crippen LogP contribution in [0.3, 0.4) is 0 Å². The van der Waals surface area contributed by atoms with E-state index in [2.05, 4.69) is 4.90 Å². The number of carbonyl (C=O) groups is 1. The molecule has 2 aliphatic heterocycles. The van der Waals surface area contributed by atoms with Gasteiger partial charge >= 0.3 is 6.09 Å². The van der Waals surface area contributed by atoms with Gasteiger partial charge in [0.1, 0.15) is 11.8 Å². The molecule has 5 nitrogen and oxygen atoms in total. The molecule has 1 unspecified atom stereocenters. The number of nitrogens with zero attached hydrogens (tertiary/aromatic N) is 2. The van der Waals surface area contributed by atoms with Gasteiger partial charge in [-0.3, -0.25) is 4.90 Å². The minimum atomic E-state index is -0.443. The smallest absolute Gasteiger partial charge is 0.410 e. The number of likely N-dealkylation sites (tertiary alicyclic amines) is 2. The highest BCUT2D eigenvalue weighted by atomic mass is 16.6. The molecule has 0 saturated carbocycles. The van der Waals surface area contributed by atoms with E-state index in [0.717, 1.165) is 25.9 Å². The van der Waals surface area contributed by atoms with E-state index >= 15 is 0 Å². The van der Waals surface area contributed by atoms with Crippen LogP contribution in [0.1, 0.15) is 52.9 Å². The molecule has 1 amide bonds. The zero-order valence-corrected chi connectivity index (χ0v) is 13.7. The fourth-order valence-corrected chi connectivity index (χ4v) is 3.19. The Morgan fingerprint density at radius 1 is 1.10 bits per heavy atom. The lowest BCUT2D eigenvalue weighted by Crippen LogP contribution is -2.49. The van der Waals surface area contributed by atoms with Crippen molar-refractivity contribution in [2.24, 2.45) is 5.92 Å². The molecule has 5 heteroatoms. The van der Waals surface area contributed by atoms with Gasteiger partial charge in [0, 0.05) is 32.1 Å². The number of amides is 1. The molecule has 2 heterocycles. The van der Waals surface area contributed by atoms with Crippen LogP contribution in [0, 0.1) is 5.92 Å². The number of ether oxygens (including phenoxy) is 1. The third-order valence-corrected chi connectivity index (χ3v) is 4.38. The lowest BCUT2D eigenvalue weighted by atomic mass is 9.93. The van der Waals surface area contributed by atoms with Crippen molar-refractivity contribution >= 4 is 6.09 Å². The molecule has 21 heavy (non-hydrogen) atoms. The minimum absolute atomic E-state index is 0.228. The molecular weight excluding hydrogens is 268 g/mol. The Hall–Kier alpha value is -0.810. The van der Waals surface area contributed by atoms with Gasteiger partial charge in [0.15, 0.2) is 0 Å². The minimum Gasteiger partial charge on any atom is -0.444 e. The standard InChI is InChI=1S/C16H30N2O3/c1-16(2,3)21-15(20)18-11-7-13(8-12-18)14(19)17-9-5-4-6-10-17/h13-14,19H,4-12H2,1-3H3. The SMILES string of the molecule is CC(C)(C)OC(=O)N1CCC(C(O)N2CCCCC2)CC1. The summed E-state index contributed by atoms with van der Waals surface area (Å²) in [5.41, 5.74) is -0.443. The molecule has 0 aromatic rings. The van der Waals surface area contributed by atoms with Crippen LogP contribution in [-0.4, -0.2) is 59.0 Å². The Bertz CT molecular complexity index is 340. The second-order valence-electron chi connectivity index (χ2n) is 7.32. The molecule has 0 aromatic carbocycles. The summed E-state index contributed by atoms with van der Waals surface area (Å²) in [5, 5.41) is 10.5. The third kappa shape index (κ3) is 4.85. The van der Waals surface area contributed by atoms with E-state index in [-0.39, 0.29) is 18.2 Å². The summed E-state index contributed by atoms with van der Waals surface area (Å²) in [6, 6.07) is 0. The third-order valence-electron chi connectivity index (χ3n) is 4.38. The van der Waals surface area contributed by atoms with Crippen LogP contribution in [-0.2, 0) is 4.74 Å². The van der Waals surface area contributed by atoms with E-state index < -0.39 is 5.60 Å². The lowest BCUT2D eigenvalue weighted by Gasteiger charge is -2.40. The number of hydrogen-bond acceptors (Lipinski definition) is 4. The van der Waals surface area contributed by atoms with Gasteiger partial charge in [0.2, 0.25) is 0 Å². The summed E-state index contributed by atoms with van der Waals surface area (Å²) >= 11 is 0. The van der Waals surface area contributed by atoms with Crippen LogP contribution in [0.15, 0.2) is 0 Å². The lowest BCUT2D eigenvalue weighted by molar-refractivity contribution is -0.0665. The van der Waals surface area contributed by atoms with E-state index in [1.807, 2.05) is 20.8 Å². The van der Waals surface area contributed by atoms with E-state index in [0.29, 0.717) is 13.1 Å². The average Bonchev–Trinajstić information content (AvgIpc) is 2.46. The molecule has 0 aromatic heterocycles. The number of aliphatic hydroxyl groups is 1. The highest BCUT2D eigenvalue weighted by Crippen LogP contribution is 2.25. The molecule has 2 fully saturated rings. The molecule has 0 aliphatic carbocycles. The van der Waals surface area contributed by atoms with Crippen molar-refractivity contribution in [3.05, 3.63) is 0 Å². The summed E-state index contributed by atoms with van der Waals surface area (Å²) in [7, 11) is 0. The van der Waals surface area contributed by atoms with Crippen molar-refractivity contribution in [2.75, 3.05) is 26.2 Å². The van der Waals surface area contributed by atoms with Crippen molar-refractivity contribution < 1.29 is 14.6 Å². The molecule has 2 rings (SSSR count). The van der Waals surface area contributed by atoms with E-state index in [9.17, 15) is 9.90 Å². The molecule has 2 aliphatic rings. The van der Waals surface area contributed by atoms with Crippen LogP contribution < -0.4 is 0 Å². The Balaban J connectivity index is 1.78. The van der Waals surface area contributed by atoms with Crippen molar-refractivity contribution in [1.82, 2.24) is 9.80 Å².